The van der Waals surface area contributed by atoms with Crippen molar-refractivity contribution in [2.45, 2.75) is 43.2 Å². The molecule has 0 bridgehead atoms. The maximum atomic E-state index is 13.4. The molecule has 2 N–H and O–H groups in total. The van der Waals surface area contributed by atoms with Gasteiger partial charge in [0.25, 0.3) is 0 Å². The summed E-state index contributed by atoms with van der Waals surface area (Å²) in [4.78, 5) is 26.1. The summed E-state index contributed by atoms with van der Waals surface area (Å²) in [7, 11) is 3.18. The molecule has 1 saturated carbocycles. The summed E-state index contributed by atoms with van der Waals surface area (Å²) < 4.78 is 37.4. The number of methoxy groups -OCH3 is 2. The standard InChI is InChI=1S/C24H27F2N3O4/c1-32-20-6-3-15(11-21(20)33-2)24-8-7-17(13-22(24)29(14-30)10-9-24)28-23(31)27-16-4-5-18(25)19(26)12-16/h3-6,11-12,14,17,22H,7-10,13H2,1-2H3,(H2,27,28,31)/t17-,22+,24-/m0/s1. The van der Waals surface area contributed by atoms with Gasteiger partial charge in [-0.05, 0) is 55.5 Å². The van der Waals surface area contributed by atoms with Crippen LogP contribution in [0.2, 0.25) is 0 Å². The Labute approximate surface area is 191 Å². The van der Waals surface area contributed by atoms with E-state index in [1.807, 2.05) is 18.2 Å². The van der Waals surface area contributed by atoms with Gasteiger partial charge in [0.15, 0.2) is 23.1 Å². The number of carbonyl (C=O) groups is 2. The number of fused-ring (bicyclic) bond motifs is 1. The van der Waals surface area contributed by atoms with Crippen LogP contribution in [0.5, 0.6) is 11.5 Å². The van der Waals surface area contributed by atoms with Gasteiger partial charge in [0.1, 0.15) is 0 Å². The van der Waals surface area contributed by atoms with Crippen LogP contribution in [0.25, 0.3) is 0 Å². The number of benzene rings is 2. The Balaban J connectivity index is 1.50. The molecule has 1 aliphatic carbocycles. The molecule has 9 heteroatoms. The molecular weight excluding hydrogens is 432 g/mol. The number of ether oxygens (including phenoxy) is 2. The molecule has 1 heterocycles. The maximum absolute atomic E-state index is 13.4. The van der Waals surface area contributed by atoms with Crippen molar-refractivity contribution in [3.8, 4) is 11.5 Å². The second-order valence-electron chi connectivity index (χ2n) is 8.53. The highest BCUT2D eigenvalue weighted by Gasteiger charge is 2.51. The lowest BCUT2D eigenvalue weighted by atomic mass is 9.65. The van der Waals surface area contributed by atoms with Crippen molar-refractivity contribution >= 4 is 18.1 Å². The topological polar surface area (TPSA) is 79.9 Å². The molecule has 4 rings (SSSR count). The molecule has 3 atom stereocenters. The second kappa shape index (κ2) is 9.25. The van der Waals surface area contributed by atoms with Gasteiger partial charge >= 0.3 is 6.03 Å². The number of hydrogen-bond acceptors (Lipinski definition) is 4. The Morgan fingerprint density at radius 1 is 1.09 bits per heavy atom. The quantitative estimate of drug-likeness (QED) is 0.644. The van der Waals surface area contributed by atoms with E-state index in [0.717, 1.165) is 36.9 Å². The van der Waals surface area contributed by atoms with Gasteiger partial charge in [-0.25, -0.2) is 13.6 Å². The molecule has 2 aromatic rings. The van der Waals surface area contributed by atoms with E-state index in [1.165, 1.54) is 6.07 Å². The normalized spacial score (nSPS) is 24.1. The third-order valence-corrected chi connectivity index (χ3v) is 6.91. The minimum Gasteiger partial charge on any atom is -0.493 e. The Morgan fingerprint density at radius 2 is 1.88 bits per heavy atom. The van der Waals surface area contributed by atoms with E-state index in [4.69, 9.17) is 9.47 Å². The number of likely N-dealkylation sites (tertiary alicyclic amines) is 1. The van der Waals surface area contributed by atoms with Gasteiger partial charge < -0.3 is 25.0 Å². The van der Waals surface area contributed by atoms with Crippen molar-refractivity contribution in [2.24, 2.45) is 0 Å². The van der Waals surface area contributed by atoms with E-state index < -0.39 is 17.7 Å². The number of urea groups is 1. The number of nitrogens with zero attached hydrogens (tertiary/aromatic N) is 1. The van der Waals surface area contributed by atoms with Crippen molar-refractivity contribution in [3.05, 3.63) is 53.6 Å². The van der Waals surface area contributed by atoms with Crippen LogP contribution in [0.15, 0.2) is 36.4 Å². The molecule has 0 radical (unpaired) electrons. The summed E-state index contributed by atoms with van der Waals surface area (Å²) in [6.45, 7) is 0.635. The highest BCUT2D eigenvalue weighted by molar-refractivity contribution is 5.89. The third kappa shape index (κ3) is 4.31. The summed E-state index contributed by atoms with van der Waals surface area (Å²) in [6.07, 6.45) is 3.76. The fourth-order valence-corrected chi connectivity index (χ4v) is 5.25. The molecular formula is C24H27F2N3O4. The molecule has 3 amide bonds. The second-order valence-corrected chi connectivity index (χ2v) is 8.53. The Kier molecular flexibility index (Phi) is 6.40. The van der Waals surface area contributed by atoms with Gasteiger partial charge in [0.05, 0.1) is 14.2 Å². The summed E-state index contributed by atoms with van der Waals surface area (Å²) in [5.41, 5.74) is 1.01. The summed E-state index contributed by atoms with van der Waals surface area (Å²) in [5.74, 6) is -0.727. The van der Waals surface area contributed by atoms with Crippen molar-refractivity contribution in [1.29, 1.82) is 0 Å². The first-order valence-corrected chi connectivity index (χ1v) is 10.9. The van der Waals surface area contributed by atoms with Crippen LogP contribution in [0.1, 0.15) is 31.2 Å². The van der Waals surface area contributed by atoms with Crippen LogP contribution in [-0.2, 0) is 10.2 Å². The number of carbonyl (C=O) groups excluding carboxylic acids is 2. The predicted octanol–water partition coefficient (Wildman–Crippen LogP) is 3.82. The number of nitrogens with one attached hydrogen (secondary N) is 2. The Morgan fingerprint density at radius 3 is 2.58 bits per heavy atom. The number of anilines is 1. The fraction of sp³-hybridized carbons (Fsp3) is 0.417. The lowest BCUT2D eigenvalue weighted by Crippen LogP contribution is -2.52. The fourth-order valence-electron chi connectivity index (χ4n) is 5.25. The molecule has 0 unspecified atom stereocenters. The van der Waals surface area contributed by atoms with Crippen LogP contribution in [-0.4, -0.2) is 50.2 Å². The first-order valence-electron chi connectivity index (χ1n) is 10.9. The molecule has 176 valence electrons. The molecule has 1 saturated heterocycles. The average molecular weight is 459 g/mol. The highest BCUT2D eigenvalue weighted by Crippen LogP contribution is 2.50. The first kappa shape index (κ1) is 22.8. The molecule has 7 nitrogen and oxygen atoms in total. The van der Waals surface area contributed by atoms with E-state index in [-0.39, 0.29) is 23.2 Å². The smallest absolute Gasteiger partial charge is 0.319 e. The zero-order valence-electron chi connectivity index (χ0n) is 18.6. The van der Waals surface area contributed by atoms with Crippen molar-refractivity contribution in [2.75, 3.05) is 26.1 Å². The van der Waals surface area contributed by atoms with E-state index in [0.29, 0.717) is 30.9 Å². The Bertz CT molecular complexity index is 1050. The van der Waals surface area contributed by atoms with Gasteiger partial charge in [-0.15, -0.1) is 0 Å². The number of halogens is 2. The summed E-state index contributed by atoms with van der Waals surface area (Å²) >= 11 is 0. The van der Waals surface area contributed by atoms with Gasteiger partial charge in [-0.3, -0.25) is 4.79 Å². The van der Waals surface area contributed by atoms with Gasteiger partial charge in [-0.2, -0.15) is 0 Å². The van der Waals surface area contributed by atoms with Crippen molar-refractivity contribution in [3.63, 3.8) is 0 Å². The van der Waals surface area contributed by atoms with Crippen molar-refractivity contribution in [1.82, 2.24) is 10.2 Å². The van der Waals surface area contributed by atoms with Crippen LogP contribution in [0.3, 0.4) is 0 Å². The van der Waals surface area contributed by atoms with E-state index in [9.17, 15) is 18.4 Å². The molecule has 33 heavy (non-hydrogen) atoms. The number of amides is 3. The molecule has 1 aliphatic heterocycles. The van der Waals surface area contributed by atoms with E-state index in [2.05, 4.69) is 10.6 Å². The SMILES string of the molecule is COc1ccc([C@@]23CC[C@H](NC(=O)Nc4ccc(F)c(F)c4)C[C@H]2N(C=O)CC3)cc1OC. The van der Waals surface area contributed by atoms with E-state index >= 15 is 0 Å². The van der Waals surface area contributed by atoms with Gasteiger partial charge in [0, 0.05) is 35.8 Å². The number of hydrogen-bond donors (Lipinski definition) is 2. The van der Waals surface area contributed by atoms with Gasteiger partial charge in [-0.1, -0.05) is 6.07 Å². The summed E-state index contributed by atoms with van der Waals surface area (Å²) in [6, 6.07) is 8.31. The van der Waals surface area contributed by atoms with Gasteiger partial charge in [0.2, 0.25) is 6.41 Å². The maximum Gasteiger partial charge on any atom is 0.319 e. The molecule has 2 fully saturated rings. The zero-order chi connectivity index (χ0) is 23.6. The Hall–Kier alpha value is -3.36. The third-order valence-electron chi connectivity index (χ3n) is 6.91. The lowest BCUT2D eigenvalue weighted by molar-refractivity contribution is -0.119. The van der Waals surface area contributed by atoms with Crippen molar-refractivity contribution < 1.29 is 27.8 Å². The molecule has 2 aliphatic rings. The lowest BCUT2D eigenvalue weighted by Gasteiger charge is -2.44. The summed E-state index contributed by atoms with van der Waals surface area (Å²) in [5, 5.41) is 5.46. The van der Waals surface area contributed by atoms with Crippen LogP contribution in [0, 0.1) is 11.6 Å². The molecule has 0 spiro atoms. The predicted molar refractivity (Wildman–Crippen MR) is 119 cm³/mol. The van der Waals surface area contributed by atoms with Crippen LogP contribution >= 0.6 is 0 Å². The van der Waals surface area contributed by atoms with Crippen LogP contribution in [0.4, 0.5) is 19.3 Å². The number of rotatable bonds is 6. The molecule has 0 aromatic heterocycles. The van der Waals surface area contributed by atoms with Crippen LogP contribution < -0.4 is 20.1 Å². The van der Waals surface area contributed by atoms with E-state index in [1.54, 1.807) is 19.1 Å². The zero-order valence-corrected chi connectivity index (χ0v) is 18.6. The largest absolute Gasteiger partial charge is 0.493 e. The minimum absolute atomic E-state index is 0.0876. The monoisotopic (exact) mass is 459 g/mol. The molecule has 2 aromatic carbocycles. The first-order chi connectivity index (χ1) is 15.9. The average Bonchev–Trinajstić information content (AvgIpc) is 3.20. The minimum atomic E-state index is -1.03. The highest BCUT2D eigenvalue weighted by atomic mass is 19.2.